The second kappa shape index (κ2) is 2.90. The second-order valence-electron chi connectivity index (χ2n) is 2.16. The maximum absolute atomic E-state index is 12.5. The van der Waals surface area contributed by atoms with E-state index in [1.54, 1.807) is 12.2 Å². The Kier molecular flexibility index (Phi) is 2.14. The van der Waals surface area contributed by atoms with E-state index in [1.807, 2.05) is 0 Å². The van der Waals surface area contributed by atoms with Crippen LogP contribution in [-0.2, 0) is 0 Å². The Bertz CT molecular complexity index is 177. The number of rotatable bonds is 0. The molecule has 0 heterocycles. The van der Waals surface area contributed by atoms with Gasteiger partial charge in [0.15, 0.2) is 0 Å². The lowest BCUT2D eigenvalue weighted by molar-refractivity contribution is 0.331. The molecule has 1 aliphatic rings. The maximum atomic E-state index is 12.5. The molecule has 0 aromatic carbocycles. The van der Waals surface area contributed by atoms with Gasteiger partial charge >= 0.3 is 0 Å². The van der Waals surface area contributed by atoms with Crippen LogP contribution in [0, 0.1) is 0 Å². The smallest absolute Gasteiger partial charge is 0.242 e. The van der Waals surface area contributed by atoms with E-state index >= 15 is 0 Å². The summed E-state index contributed by atoms with van der Waals surface area (Å²) in [5.74, 6) is 0. The molecular weight excluding hydrogens is 141 g/mol. The van der Waals surface area contributed by atoms with Crippen LogP contribution in [0.5, 0.6) is 0 Å². The Morgan fingerprint density at radius 3 is 2.50 bits per heavy atom. The van der Waals surface area contributed by atoms with Gasteiger partial charge in [0, 0.05) is 12.0 Å². The lowest BCUT2D eigenvalue weighted by atomic mass is 10.0. The fourth-order valence-corrected chi connectivity index (χ4v) is 0.892. The van der Waals surface area contributed by atoms with E-state index in [9.17, 15) is 13.2 Å². The van der Waals surface area contributed by atoms with Crippen LogP contribution in [0.3, 0.4) is 0 Å². The first-order valence-electron chi connectivity index (χ1n) is 3.05. The van der Waals surface area contributed by atoms with Crippen molar-refractivity contribution in [2.75, 3.05) is 0 Å². The predicted octanol–water partition coefficient (Wildman–Crippen LogP) is 2.83. The van der Waals surface area contributed by atoms with Crippen LogP contribution >= 0.6 is 0 Å². The third-order valence-corrected chi connectivity index (χ3v) is 1.47. The summed E-state index contributed by atoms with van der Waals surface area (Å²) in [6.07, 6.45) is -0.0375. The summed E-state index contributed by atoms with van der Waals surface area (Å²) in [5.41, 5.74) is -0.359. The minimum Gasteiger partial charge on any atom is -0.242 e. The molecule has 0 aliphatic heterocycles. The summed E-state index contributed by atoms with van der Waals surface area (Å²) < 4.78 is 36.1. The topological polar surface area (TPSA) is 0 Å². The maximum Gasteiger partial charge on any atom is 0.272 e. The summed E-state index contributed by atoms with van der Waals surface area (Å²) >= 11 is 0. The minimum atomic E-state index is -1.86. The molecule has 0 nitrogen and oxygen atoms in total. The highest BCUT2D eigenvalue weighted by molar-refractivity contribution is 5.18. The minimum absolute atomic E-state index is 0.0590. The summed E-state index contributed by atoms with van der Waals surface area (Å²) in [7, 11) is 0. The van der Waals surface area contributed by atoms with Gasteiger partial charge in [-0.25, -0.2) is 4.39 Å². The highest BCUT2D eigenvalue weighted by atomic mass is 19.3. The standard InChI is InChI=1S/C7H7F3/c8-6-4-2-1-3-5(6)7(9)10/h1-2,6H,3-4H2/t6-/m1/s1. The number of alkyl halides is 1. The normalized spacial score (nSPS) is 25.1. The van der Waals surface area contributed by atoms with E-state index in [4.69, 9.17) is 0 Å². The molecule has 0 unspecified atom stereocenters. The van der Waals surface area contributed by atoms with Gasteiger partial charge in [0.1, 0.15) is 6.17 Å². The van der Waals surface area contributed by atoms with E-state index in [2.05, 4.69) is 0 Å². The Labute approximate surface area is 57.0 Å². The molecule has 1 aliphatic carbocycles. The number of halogens is 3. The summed E-state index contributed by atoms with van der Waals surface area (Å²) in [6, 6.07) is 0. The van der Waals surface area contributed by atoms with E-state index < -0.39 is 12.3 Å². The van der Waals surface area contributed by atoms with E-state index in [0.29, 0.717) is 0 Å². The van der Waals surface area contributed by atoms with Gasteiger partial charge in [-0.2, -0.15) is 8.78 Å². The van der Waals surface area contributed by atoms with Crippen LogP contribution in [0.25, 0.3) is 0 Å². The summed E-state index contributed by atoms with van der Waals surface area (Å²) in [4.78, 5) is 0. The van der Waals surface area contributed by atoms with Gasteiger partial charge in [0.2, 0.25) is 0 Å². The van der Waals surface area contributed by atoms with Crippen molar-refractivity contribution in [3.8, 4) is 0 Å². The molecular formula is C7H7F3. The van der Waals surface area contributed by atoms with Crippen molar-refractivity contribution in [2.24, 2.45) is 0 Å². The van der Waals surface area contributed by atoms with Crippen molar-refractivity contribution in [3.63, 3.8) is 0 Å². The Morgan fingerprint density at radius 1 is 1.40 bits per heavy atom. The quantitative estimate of drug-likeness (QED) is 0.463. The molecule has 1 rings (SSSR count). The molecule has 0 saturated heterocycles. The second-order valence-corrected chi connectivity index (χ2v) is 2.16. The zero-order chi connectivity index (χ0) is 7.56. The molecule has 3 heteroatoms. The fourth-order valence-electron chi connectivity index (χ4n) is 0.892. The van der Waals surface area contributed by atoms with Crippen molar-refractivity contribution in [1.82, 2.24) is 0 Å². The molecule has 0 fully saturated rings. The SMILES string of the molecule is FC(F)=C1CC=CC[C@H]1F. The zero-order valence-electron chi connectivity index (χ0n) is 5.28. The van der Waals surface area contributed by atoms with Crippen LogP contribution in [0.2, 0.25) is 0 Å². The molecule has 0 aromatic rings. The zero-order valence-corrected chi connectivity index (χ0v) is 5.28. The first-order chi connectivity index (χ1) is 4.72. The van der Waals surface area contributed by atoms with Crippen molar-refractivity contribution in [1.29, 1.82) is 0 Å². The number of hydrogen-bond acceptors (Lipinski definition) is 0. The van der Waals surface area contributed by atoms with Gasteiger partial charge in [-0.3, -0.25) is 0 Å². The molecule has 0 amide bonds. The summed E-state index contributed by atoms with van der Waals surface area (Å²) in [5, 5.41) is 0. The Hall–Kier alpha value is -0.730. The van der Waals surface area contributed by atoms with Crippen molar-refractivity contribution < 1.29 is 13.2 Å². The Balaban J connectivity index is 2.78. The molecule has 0 radical (unpaired) electrons. The molecule has 10 heavy (non-hydrogen) atoms. The van der Waals surface area contributed by atoms with E-state index in [1.165, 1.54) is 0 Å². The van der Waals surface area contributed by atoms with Gasteiger partial charge in [-0.15, -0.1) is 0 Å². The van der Waals surface area contributed by atoms with Gasteiger partial charge < -0.3 is 0 Å². The van der Waals surface area contributed by atoms with Gasteiger partial charge in [-0.05, 0) is 6.42 Å². The van der Waals surface area contributed by atoms with Crippen LogP contribution in [-0.4, -0.2) is 6.17 Å². The molecule has 0 saturated carbocycles. The predicted molar refractivity (Wildman–Crippen MR) is 32.5 cm³/mol. The molecule has 0 bridgehead atoms. The molecule has 56 valence electrons. The number of allylic oxidation sites excluding steroid dienone is 3. The van der Waals surface area contributed by atoms with Crippen molar-refractivity contribution in [3.05, 3.63) is 23.8 Å². The summed E-state index contributed by atoms with van der Waals surface area (Å²) in [6.45, 7) is 0. The van der Waals surface area contributed by atoms with Gasteiger partial charge in [-0.1, -0.05) is 12.2 Å². The van der Waals surface area contributed by atoms with Crippen LogP contribution < -0.4 is 0 Å². The van der Waals surface area contributed by atoms with Crippen LogP contribution in [0.1, 0.15) is 12.8 Å². The molecule has 1 atom stereocenters. The van der Waals surface area contributed by atoms with Crippen molar-refractivity contribution in [2.45, 2.75) is 19.0 Å². The van der Waals surface area contributed by atoms with Gasteiger partial charge in [0.05, 0.1) is 0 Å². The molecule has 0 spiro atoms. The molecule has 0 N–H and O–H groups in total. The Morgan fingerprint density at radius 2 is 2.10 bits per heavy atom. The van der Waals surface area contributed by atoms with E-state index in [-0.39, 0.29) is 18.4 Å². The first-order valence-corrected chi connectivity index (χ1v) is 3.05. The lowest BCUT2D eigenvalue weighted by Gasteiger charge is -2.11. The first kappa shape index (κ1) is 7.38. The van der Waals surface area contributed by atoms with Crippen LogP contribution in [0.15, 0.2) is 23.8 Å². The highest BCUT2D eigenvalue weighted by Gasteiger charge is 2.18. The van der Waals surface area contributed by atoms with E-state index in [0.717, 1.165) is 0 Å². The van der Waals surface area contributed by atoms with Crippen LogP contribution in [0.4, 0.5) is 13.2 Å². The monoisotopic (exact) mass is 148 g/mol. The average molecular weight is 148 g/mol. The van der Waals surface area contributed by atoms with Gasteiger partial charge in [0.25, 0.3) is 6.08 Å². The van der Waals surface area contributed by atoms with Crippen molar-refractivity contribution >= 4 is 0 Å². The molecule has 0 aromatic heterocycles. The number of hydrogen-bond donors (Lipinski definition) is 0. The third-order valence-electron chi connectivity index (χ3n) is 1.47. The lowest BCUT2D eigenvalue weighted by Crippen LogP contribution is -2.07. The highest BCUT2D eigenvalue weighted by Crippen LogP contribution is 2.25. The fraction of sp³-hybridized carbons (Fsp3) is 0.429. The largest absolute Gasteiger partial charge is 0.272 e. The average Bonchev–Trinajstić information content (AvgIpc) is 1.88. The third kappa shape index (κ3) is 1.40.